The number of ether oxygens (including phenoxy) is 1. The number of benzene rings is 2. The molecule has 1 aliphatic rings. The zero-order valence-electron chi connectivity index (χ0n) is 13.9. The number of sulfonamides is 1. The maximum atomic E-state index is 12.9. The average molecular weight is 331 g/mol. The number of aryl methyl sites for hydroxylation is 2. The van der Waals surface area contributed by atoms with E-state index in [1.165, 1.54) is 0 Å². The molecule has 122 valence electrons. The van der Waals surface area contributed by atoms with Gasteiger partial charge in [0, 0.05) is 12.1 Å². The molecule has 5 heteroatoms. The molecule has 23 heavy (non-hydrogen) atoms. The normalized spacial score (nSPS) is 13.6. The molecule has 0 fully saturated rings. The fourth-order valence-electron chi connectivity index (χ4n) is 3.04. The lowest BCUT2D eigenvalue weighted by Crippen LogP contribution is -2.17. The smallest absolute Gasteiger partial charge is 0.262 e. The van der Waals surface area contributed by atoms with Crippen molar-refractivity contribution in [1.29, 1.82) is 0 Å². The van der Waals surface area contributed by atoms with Crippen molar-refractivity contribution in [2.45, 2.75) is 39.0 Å². The molecule has 0 aromatic heterocycles. The van der Waals surface area contributed by atoms with Crippen LogP contribution >= 0.6 is 0 Å². The van der Waals surface area contributed by atoms with E-state index >= 15 is 0 Å². The van der Waals surface area contributed by atoms with Gasteiger partial charge in [-0.3, -0.25) is 4.72 Å². The maximum Gasteiger partial charge on any atom is 0.262 e. The summed E-state index contributed by atoms with van der Waals surface area (Å²) in [5.74, 6) is 0.840. The van der Waals surface area contributed by atoms with E-state index in [4.69, 9.17) is 4.74 Å². The standard InChI is InChI=1S/C18H21NO3S/c1-11-9-12(2)14(4)18(13(11)3)23(20,21)19-16-5-6-17-15(10-16)7-8-22-17/h5-6,9-10,19H,7-8H2,1-4H3. The fraction of sp³-hybridized carbons (Fsp3) is 0.333. The molecule has 2 aromatic carbocycles. The van der Waals surface area contributed by atoms with Crippen LogP contribution in [-0.2, 0) is 16.4 Å². The highest BCUT2D eigenvalue weighted by Crippen LogP contribution is 2.31. The van der Waals surface area contributed by atoms with E-state index in [1.54, 1.807) is 6.07 Å². The predicted octanol–water partition coefficient (Wildman–Crippen LogP) is 3.66. The van der Waals surface area contributed by atoms with Crippen LogP contribution in [0.25, 0.3) is 0 Å². The Kier molecular flexibility index (Phi) is 3.84. The summed E-state index contributed by atoms with van der Waals surface area (Å²) < 4.78 is 34.0. The molecule has 1 heterocycles. The Balaban J connectivity index is 2.03. The molecule has 1 N–H and O–H groups in total. The molecule has 0 radical (unpaired) electrons. The van der Waals surface area contributed by atoms with Gasteiger partial charge in [-0.1, -0.05) is 6.07 Å². The van der Waals surface area contributed by atoms with E-state index < -0.39 is 10.0 Å². The van der Waals surface area contributed by atoms with Gasteiger partial charge in [-0.25, -0.2) is 8.42 Å². The first-order chi connectivity index (χ1) is 10.8. The molecule has 0 atom stereocenters. The number of rotatable bonds is 3. The Hall–Kier alpha value is -2.01. The molecule has 0 saturated heterocycles. The van der Waals surface area contributed by atoms with Crippen molar-refractivity contribution < 1.29 is 13.2 Å². The first-order valence-corrected chi connectivity index (χ1v) is 9.14. The quantitative estimate of drug-likeness (QED) is 0.934. The van der Waals surface area contributed by atoms with E-state index in [9.17, 15) is 8.42 Å². The SMILES string of the molecule is Cc1cc(C)c(C)c(S(=O)(=O)Nc2ccc3c(c2)CCO3)c1C. The molecule has 2 aromatic rings. The molecule has 3 rings (SSSR count). The van der Waals surface area contributed by atoms with E-state index in [0.717, 1.165) is 40.0 Å². The van der Waals surface area contributed by atoms with Crippen molar-refractivity contribution >= 4 is 15.7 Å². The van der Waals surface area contributed by atoms with E-state index in [0.29, 0.717) is 17.2 Å². The number of anilines is 1. The van der Waals surface area contributed by atoms with Crippen LogP contribution in [0.1, 0.15) is 27.8 Å². The number of fused-ring (bicyclic) bond motifs is 1. The van der Waals surface area contributed by atoms with Crippen LogP contribution in [0, 0.1) is 27.7 Å². The summed E-state index contributed by atoms with van der Waals surface area (Å²) in [6.07, 6.45) is 0.812. The second-order valence-electron chi connectivity index (χ2n) is 6.12. The molecule has 0 spiro atoms. The Morgan fingerprint density at radius 2 is 1.65 bits per heavy atom. The van der Waals surface area contributed by atoms with E-state index in [-0.39, 0.29) is 0 Å². The van der Waals surface area contributed by atoms with E-state index in [2.05, 4.69) is 4.72 Å². The second-order valence-corrected chi connectivity index (χ2v) is 7.74. The molecule has 0 amide bonds. The lowest BCUT2D eigenvalue weighted by molar-refractivity contribution is 0.357. The van der Waals surface area contributed by atoms with Crippen LogP contribution < -0.4 is 9.46 Å². The summed E-state index contributed by atoms with van der Waals surface area (Å²) in [7, 11) is -3.63. The molecular weight excluding hydrogens is 310 g/mol. The summed E-state index contributed by atoms with van der Waals surface area (Å²) >= 11 is 0. The van der Waals surface area contributed by atoms with Gasteiger partial charge in [0.15, 0.2) is 0 Å². The van der Waals surface area contributed by atoms with Gasteiger partial charge >= 0.3 is 0 Å². The van der Waals surface area contributed by atoms with Crippen LogP contribution in [0.3, 0.4) is 0 Å². The number of nitrogens with one attached hydrogen (secondary N) is 1. The minimum Gasteiger partial charge on any atom is -0.493 e. The summed E-state index contributed by atoms with van der Waals surface area (Å²) in [5.41, 5.74) is 5.17. The van der Waals surface area contributed by atoms with Gasteiger partial charge in [-0.05, 0) is 73.7 Å². The maximum absolute atomic E-state index is 12.9. The zero-order chi connectivity index (χ0) is 16.8. The van der Waals surface area contributed by atoms with Crippen molar-refractivity contribution in [2.75, 3.05) is 11.3 Å². The van der Waals surface area contributed by atoms with Crippen molar-refractivity contribution in [1.82, 2.24) is 0 Å². The van der Waals surface area contributed by atoms with Gasteiger partial charge < -0.3 is 4.74 Å². The number of hydrogen-bond acceptors (Lipinski definition) is 3. The lowest BCUT2D eigenvalue weighted by atomic mass is 10.0. The Morgan fingerprint density at radius 3 is 2.30 bits per heavy atom. The third-order valence-electron chi connectivity index (χ3n) is 4.51. The molecule has 1 aliphatic heterocycles. The molecule has 4 nitrogen and oxygen atoms in total. The summed E-state index contributed by atoms with van der Waals surface area (Å²) in [4.78, 5) is 0.381. The van der Waals surface area contributed by atoms with Crippen molar-refractivity contribution in [2.24, 2.45) is 0 Å². The topological polar surface area (TPSA) is 55.4 Å². The van der Waals surface area contributed by atoms with Crippen molar-refractivity contribution in [3.63, 3.8) is 0 Å². The van der Waals surface area contributed by atoms with Crippen LogP contribution in [0.2, 0.25) is 0 Å². The Bertz CT molecular complexity index is 859. The molecular formula is C18H21NO3S. The van der Waals surface area contributed by atoms with Crippen molar-refractivity contribution in [3.8, 4) is 5.75 Å². The summed E-state index contributed by atoms with van der Waals surface area (Å²) in [6, 6.07) is 7.44. The third-order valence-corrected chi connectivity index (χ3v) is 6.16. The molecule has 0 unspecified atom stereocenters. The van der Waals surface area contributed by atoms with Crippen LogP contribution in [0.5, 0.6) is 5.75 Å². The largest absolute Gasteiger partial charge is 0.493 e. The first-order valence-electron chi connectivity index (χ1n) is 7.65. The third kappa shape index (κ3) is 2.81. The van der Waals surface area contributed by atoms with Gasteiger partial charge in [0.1, 0.15) is 5.75 Å². The molecule has 0 aliphatic carbocycles. The van der Waals surface area contributed by atoms with Gasteiger partial charge in [-0.2, -0.15) is 0 Å². The monoisotopic (exact) mass is 331 g/mol. The first kappa shape index (κ1) is 15.9. The minimum absolute atomic E-state index is 0.381. The van der Waals surface area contributed by atoms with Crippen molar-refractivity contribution in [3.05, 3.63) is 52.1 Å². The Labute approximate surface area is 137 Å². The van der Waals surface area contributed by atoms with Gasteiger partial charge in [0.2, 0.25) is 0 Å². The minimum atomic E-state index is -3.63. The zero-order valence-corrected chi connectivity index (χ0v) is 14.7. The van der Waals surface area contributed by atoms with Gasteiger partial charge in [0.05, 0.1) is 11.5 Å². The van der Waals surface area contributed by atoms with Crippen LogP contribution in [0.15, 0.2) is 29.2 Å². The van der Waals surface area contributed by atoms with Crippen LogP contribution in [-0.4, -0.2) is 15.0 Å². The summed E-state index contributed by atoms with van der Waals surface area (Å²) in [5, 5.41) is 0. The average Bonchev–Trinajstić information content (AvgIpc) is 2.92. The highest BCUT2D eigenvalue weighted by Gasteiger charge is 2.23. The summed E-state index contributed by atoms with van der Waals surface area (Å²) in [6.45, 7) is 8.24. The van der Waals surface area contributed by atoms with Gasteiger partial charge in [0.25, 0.3) is 10.0 Å². The molecule has 0 bridgehead atoms. The lowest BCUT2D eigenvalue weighted by Gasteiger charge is -2.17. The Morgan fingerprint density at radius 1 is 1.00 bits per heavy atom. The van der Waals surface area contributed by atoms with Crippen LogP contribution in [0.4, 0.5) is 5.69 Å². The second kappa shape index (κ2) is 5.57. The number of hydrogen-bond donors (Lipinski definition) is 1. The highest BCUT2D eigenvalue weighted by atomic mass is 32.2. The van der Waals surface area contributed by atoms with E-state index in [1.807, 2.05) is 45.9 Å². The highest BCUT2D eigenvalue weighted by molar-refractivity contribution is 7.92. The fourth-order valence-corrected chi connectivity index (χ4v) is 4.71. The van der Waals surface area contributed by atoms with Gasteiger partial charge in [-0.15, -0.1) is 0 Å². The molecule has 0 saturated carbocycles. The predicted molar refractivity (Wildman–Crippen MR) is 91.8 cm³/mol.